The largest absolute Gasteiger partial charge is 0.349 e. The molecule has 130 valence electrons. The van der Waals surface area contributed by atoms with Crippen LogP contribution in [0, 0.1) is 5.82 Å². The lowest BCUT2D eigenvalue weighted by Crippen LogP contribution is -2.25. The highest BCUT2D eigenvalue weighted by molar-refractivity contribution is 7.99. The van der Waals surface area contributed by atoms with Crippen molar-refractivity contribution in [1.82, 2.24) is 5.32 Å². The number of carbonyl (C=O) groups excluding carboxylic acids is 2. The summed E-state index contributed by atoms with van der Waals surface area (Å²) in [5.41, 5.74) is 1.26. The zero-order chi connectivity index (χ0) is 17.6. The second kappa shape index (κ2) is 8.16. The first kappa shape index (κ1) is 17.5. The molecule has 0 aromatic heterocycles. The van der Waals surface area contributed by atoms with Gasteiger partial charge >= 0.3 is 0 Å². The summed E-state index contributed by atoms with van der Waals surface area (Å²) < 4.78 is 12.8. The van der Waals surface area contributed by atoms with E-state index >= 15 is 0 Å². The monoisotopic (exact) mass is 358 g/mol. The molecule has 1 aliphatic rings. The molecule has 0 bridgehead atoms. The molecule has 0 heterocycles. The third kappa shape index (κ3) is 5.60. The van der Waals surface area contributed by atoms with Gasteiger partial charge < -0.3 is 10.6 Å². The van der Waals surface area contributed by atoms with Gasteiger partial charge in [-0.25, -0.2) is 4.39 Å². The van der Waals surface area contributed by atoms with Crippen LogP contribution in [0.3, 0.4) is 0 Å². The highest BCUT2D eigenvalue weighted by atomic mass is 32.2. The summed E-state index contributed by atoms with van der Waals surface area (Å²) in [6.07, 6.45) is 2.46. The van der Waals surface area contributed by atoms with Crippen LogP contribution in [0.5, 0.6) is 0 Å². The topological polar surface area (TPSA) is 58.2 Å². The van der Waals surface area contributed by atoms with Gasteiger partial charge in [0.2, 0.25) is 5.91 Å². The van der Waals surface area contributed by atoms with Gasteiger partial charge in [0, 0.05) is 34.4 Å². The summed E-state index contributed by atoms with van der Waals surface area (Å²) in [4.78, 5) is 24.8. The van der Waals surface area contributed by atoms with Crippen molar-refractivity contribution in [3.05, 3.63) is 59.9 Å². The minimum Gasteiger partial charge on any atom is -0.349 e. The predicted octanol–water partition coefficient (Wildman–Crippen LogP) is 3.84. The minimum atomic E-state index is -0.267. The Labute approximate surface area is 150 Å². The molecule has 2 aromatic rings. The number of benzene rings is 2. The molecular weight excluding hydrogens is 339 g/mol. The fourth-order valence-corrected chi connectivity index (χ4v) is 3.07. The lowest BCUT2D eigenvalue weighted by atomic mass is 10.2. The maximum absolute atomic E-state index is 12.8. The number of amides is 2. The van der Waals surface area contributed by atoms with Crippen LogP contribution >= 0.6 is 11.8 Å². The first-order valence-electron chi connectivity index (χ1n) is 8.19. The SMILES string of the molecule is O=C(CCSc1ccc(F)cc1)Nc1ccc(C(=O)NC2CC2)cc1. The van der Waals surface area contributed by atoms with E-state index < -0.39 is 0 Å². The van der Waals surface area contributed by atoms with Gasteiger partial charge in [-0.05, 0) is 61.4 Å². The molecule has 3 rings (SSSR count). The molecule has 4 nitrogen and oxygen atoms in total. The first-order chi connectivity index (χ1) is 12.1. The molecule has 2 aromatic carbocycles. The Morgan fingerprint density at radius 1 is 1.04 bits per heavy atom. The molecule has 0 radical (unpaired) electrons. The van der Waals surface area contributed by atoms with E-state index in [4.69, 9.17) is 0 Å². The predicted molar refractivity (Wildman–Crippen MR) is 97.3 cm³/mol. The molecule has 25 heavy (non-hydrogen) atoms. The van der Waals surface area contributed by atoms with Crippen molar-refractivity contribution in [2.75, 3.05) is 11.1 Å². The van der Waals surface area contributed by atoms with E-state index in [1.54, 1.807) is 36.4 Å². The van der Waals surface area contributed by atoms with Crippen molar-refractivity contribution in [2.45, 2.75) is 30.2 Å². The fourth-order valence-electron chi connectivity index (χ4n) is 2.22. The number of anilines is 1. The summed E-state index contributed by atoms with van der Waals surface area (Å²) in [5, 5.41) is 5.74. The molecule has 0 spiro atoms. The van der Waals surface area contributed by atoms with E-state index in [2.05, 4.69) is 10.6 Å². The number of nitrogens with one attached hydrogen (secondary N) is 2. The molecule has 1 fully saturated rings. The van der Waals surface area contributed by atoms with Crippen LogP contribution in [-0.2, 0) is 4.79 Å². The lowest BCUT2D eigenvalue weighted by molar-refractivity contribution is -0.115. The van der Waals surface area contributed by atoms with E-state index in [9.17, 15) is 14.0 Å². The number of carbonyl (C=O) groups is 2. The average molecular weight is 358 g/mol. The highest BCUT2D eigenvalue weighted by Crippen LogP contribution is 2.20. The van der Waals surface area contributed by atoms with Crippen LogP contribution in [0.1, 0.15) is 29.6 Å². The molecule has 2 N–H and O–H groups in total. The normalized spacial score (nSPS) is 13.3. The Bertz CT molecular complexity index is 743. The second-order valence-electron chi connectivity index (χ2n) is 5.93. The van der Waals surface area contributed by atoms with E-state index in [0.717, 1.165) is 17.7 Å². The van der Waals surface area contributed by atoms with Gasteiger partial charge in [0.05, 0.1) is 0 Å². The molecular formula is C19H19FN2O2S. The van der Waals surface area contributed by atoms with Crippen LogP contribution in [0.4, 0.5) is 10.1 Å². The minimum absolute atomic E-state index is 0.0731. The van der Waals surface area contributed by atoms with Gasteiger partial charge in [0.25, 0.3) is 5.91 Å². The lowest BCUT2D eigenvalue weighted by Gasteiger charge is -2.07. The molecule has 0 saturated heterocycles. The van der Waals surface area contributed by atoms with Crippen molar-refractivity contribution >= 4 is 29.3 Å². The molecule has 0 atom stereocenters. The summed E-state index contributed by atoms with van der Waals surface area (Å²) in [5.74, 6) is 0.177. The van der Waals surface area contributed by atoms with Crippen molar-refractivity contribution in [2.24, 2.45) is 0 Å². The number of thioether (sulfide) groups is 1. The number of hydrogen-bond donors (Lipinski definition) is 2. The summed E-state index contributed by atoms with van der Waals surface area (Å²) in [6, 6.07) is 13.4. The quantitative estimate of drug-likeness (QED) is 0.740. The molecule has 1 saturated carbocycles. The third-order valence-corrected chi connectivity index (χ3v) is 4.77. The van der Waals surface area contributed by atoms with Crippen LogP contribution in [0.2, 0.25) is 0 Å². The summed E-state index contributed by atoms with van der Waals surface area (Å²) in [6.45, 7) is 0. The van der Waals surface area contributed by atoms with Gasteiger partial charge in [0.1, 0.15) is 5.82 Å². The maximum Gasteiger partial charge on any atom is 0.251 e. The first-order valence-corrected chi connectivity index (χ1v) is 9.18. The van der Waals surface area contributed by atoms with E-state index in [1.165, 1.54) is 23.9 Å². The summed E-state index contributed by atoms with van der Waals surface area (Å²) >= 11 is 1.51. The van der Waals surface area contributed by atoms with Crippen molar-refractivity contribution in [3.8, 4) is 0 Å². The molecule has 2 amide bonds. The standard InChI is InChI=1S/C19H19FN2O2S/c20-14-3-9-17(10-4-14)25-12-11-18(23)21-15-5-1-13(2-6-15)19(24)22-16-7-8-16/h1-6,9-10,16H,7-8,11-12H2,(H,21,23)(H,22,24). The second-order valence-corrected chi connectivity index (χ2v) is 7.09. The molecule has 6 heteroatoms. The number of hydrogen-bond acceptors (Lipinski definition) is 3. The van der Waals surface area contributed by atoms with E-state index in [1.807, 2.05) is 0 Å². The molecule has 1 aliphatic carbocycles. The van der Waals surface area contributed by atoms with Crippen LogP contribution in [-0.4, -0.2) is 23.6 Å². The van der Waals surface area contributed by atoms with Crippen LogP contribution in [0.25, 0.3) is 0 Å². The van der Waals surface area contributed by atoms with E-state index in [-0.39, 0.29) is 17.6 Å². The fraction of sp³-hybridized carbons (Fsp3) is 0.263. The molecule has 0 aliphatic heterocycles. The van der Waals surface area contributed by atoms with Gasteiger partial charge in [-0.15, -0.1) is 11.8 Å². The van der Waals surface area contributed by atoms with Crippen molar-refractivity contribution in [1.29, 1.82) is 0 Å². The summed E-state index contributed by atoms with van der Waals surface area (Å²) in [7, 11) is 0. The Balaban J connectivity index is 1.42. The smallest absolute Gasteiger partial charge is 0.251 e. The van der Waals surface area contributed by atoms with Crippen LogP contribution in [0.15, 0.2) is 53.4 Å². The van der Waals surface area contributed by atoms with Gasteiger partial charge in [-0.2, -0.15) is 0 Å². The Morgan fingerprint density at radius 2 is 1.72 bits per heavy atom. The number of rotatable bonds is 7. The number of halogens is 1. The zero-order valence-corrected chi connectivity index (χ0v) is 14.4. The average Bonchev–Trinajstić information content (AvgIpc) is 3.41. The zero-order valence-electron chi connectivity index (χ0n) is 13.6. The van der Waals surface area contributed by atoms with Gasteiger partial charge in [-0.1, -0.05) is 0 Å². The third-order valence-electron chi connectivity index (χ3n) is 3.75. The Kier molecular flexibility index (Phi) is 5.71. The Hall–Kier alpha value is -2.34. The van der Waals surface area contributed by atoms with Gasteiger partial charge in [0.15, 0.2) is 0 Å². The Morgan fingerprint density at radius 3 is 2.36 bits per heavy atom. The van der Waals surface area contributed by atoms with E-state index in [0.29, 0.717) is 29.5 Å². The highest BCUT2D eigenvalue weighted by Gasteiger charge is 2.23. The van der Waals surface area contributed by atoms with Crippen LogP contribution < -0.4 is 10.6 Å². The van der Waals surface area contributed by atoms with Crippen molar-refractivity contribution in [3.63, 3.8) is 0 Å². The van der Waals surface area contributed by atoms with Gasteiger partial charge in [-0.3, -0.25) is 9.59 Å². The molecule has 0 unspecified atom stereocenters. The van der Waals surface area contributed by atoms with Crippen molar-refractivity contribution < 1.29 is 14.0 Å². The maximum atomic E-state index is 12.8.